The quantitative estimate of drug-likeness (QED) is 0.795. The van der Waals surface area contributed by atoms with Crippen LogP contribution in [0.15, 0.2) is 23.1 Å². The molecule has 0 saturated carbocycles. The number of hydrogen-bond acceptors (Lipinski definition) is 5. The minimum absolute atomic E-state index is 0.116. The lowest BCUT2D eigenvalue weighted by molar-refractivity contribution is -0.117. The Labute approximate surface area is 172 Å². The van der Waals surface area contributed by atoms with Crippen molar-refractivity contribution in [1.29, 1.82) is 0 Å². The number of hydrogen-bond donors (Lipinski definition) is 1. The van der Waals surface area contributed by atoms with Crippen molar-refractivity contribution in [3.8, 4) is 0 Å². The third kappa shape index (κ3) is 4.52. The van der Waals surface area contributed by atoms with E-state index in [1.54, 1.807) is 10.7 Å². The zero-order valence-electron chi connectivity index (χ0n) is 17.7. The minimum Gasteiger partial charge on any atom is -0.322 e. The summed E-state index contributed by atoms with van der Waals surface area (Å²) in [4.78, 5) is 14.8. The molecule has 9 heteroatoms. The lowest BCUT2D eigenvalue weighted by Crippen LogP contribution is -2.50. The van der Waals surface area contributed by atoms with E-state index in [1.165, 1.54) is 4.31 Å². The summed E-state index contributed by atoms with van der Waals surface area (Å²) in [6.45, 7) is 9.47. The van der Waals surface area contributed by atoms with Crippen LogP contribution in [0.5, 0.6) is 0 Å². The van der Waals surface area contributed by atoms with Crippen molar-refractivity contribution < 1.29 is 13.2 Å². The van der Waals surface area contributed by atoms with E-state index in [4.69, 9.17) is 0 Å². The summed E-state index contributed by atoms with van der Waals surface area (Å²) in [5.74, 6) is -0.116. The highest BCUT2D eigenvalue weighted by molar-refractivity contribution is 7.89. The molecule has 0 aliphatic carbocycles. The van der Waals surface area contributed by atoms with E-state index in [-0.39, 0.29) is 12.5 Å². The highest BCUT2D eigenvalue weighted by Gasteiger charge is 2.30. The van der Waals surface area contributed by atoms with Crippen LogP contribution in [0, 0.1) is 27.7 Å². The summed E-state index contributed by atoms with van der Waals surface area (Å²) in [6, 6.07) is 5.48. The first kappa shape index (κ1) is 21.5. The van der Waals surface area contributed by atoms with E-state index >= 15 is 0 Å². The maximum atomic E-state index is 13.0. The van der Waals surface area contributed by atoms with Gasteiger partial charge in [-0.15, -0.1) is 0 Å². The number of amides is 1. The van der Waals surface area contributed by atoms with Gasteiger partial charge in [0.05, 0.1) is 28.5 Å². The molecule has 0 radical (unpaired) electrons. The predicted molar refractivity (Wildman–Crippen MR) is 112 cm³/mol. The fourth-order valence-corrected chi connectivity index (χ4v) is 5.32. The van der Waals surface area contributed by atoms with E-state index in [1.807, 2.05) is 51.8 Å². The molecule has 1 aromatic carbocycles. The first-order valence-electron chi connectivity index (χ1n) is 9.69. The second-order valence-electron chi connectivity index (χ2n) is 7.67. The van der Waals surface area contributed by atoms with Crippen LogP contribution in [0.1, 0.15) is 22.5 Å². The summed E-state index contributed by atoms with van der Waals surface area (Å²) >= 11 is 0. The van der Waals surface area contributed by atoms with Crippen molar-refractivity contribution in [3.63, 3.8) is 0 Å². The van der Waals surface area contributed by atoms with Gasteiger partial charge < -0.3 is 5.32 Å². The second-order valence-corrected chi connectivity index (χ2v) is 9.57. The van der Waals surface area contributed by atoms with Crippen LogP contribution in [-0.4, -0.2) is 66.0 Å². The van der Waals surface area contributed by atoms with Gasteiger partial charge in [0.15, 0.2) is 0 Å². The van der Waals surface area contributed by atoms with Crippen LogP contribution in [-0.2, 0) is 21.9 Å². The van der Waals surface area contributed by atoms with Crippen molar-refractivity contribution in [3.05, 3.63) is 40.7 Å². The molecular weight excluding hydrogens is 390 g/mol. The molecule has 2 heterocycles. The molecular formula is C20H29N5O3S. The maximum Gasteiger partial charge on any atom is 0.243 e. The maximum absolute atomic E-state index is 13.0. The lowest BCUT2D eigenvalue weighted by atomic mass is 10.2. The first-order chi connectivity index (χ1) is 13.6. The van der Waals surface area contributed by atoms with Gasteiger partial charge in [-0.05, 0) is 44.9 Å². The lowest BCUT2D eigenvalue weighted by Gasteiger charge is -2.33. The first-order valence-corrected chi connectivity index (χ1v) is 11.1. The van der Waals surface area contributed by atoms with Crippen LogP contribution in [0.3, 0.4) is 0 Å². The third-order valence-electron chi connectivity index (χ3n) is 5.43. The Bertz CT molecular complexity index is 1020. The highest BCUT2D eigenvalue weighted by Crippen LogP contribution is 2.23. The Morgan fingerprint density at radius 3 is 2.34 bits per heavy atom. The minimum atomic E-state index is -3.53. The summed E-state index contributed by atoms with van der Waals surface area (Å²) in [6.07, 6.45) is 0. The molecule has 1 aliphatic heterocycles. The normalized spacial score (nSPS) is 16.2. The number of carbonyl (C=O) groups excluding carboxylic acids is 1. The number of benzene rings is 1. The smallest absolute Gasteiger partial charge is 0.243 e. The van der Waals surface area contributed by atoms with E-state index in [2.05, 4.69) is 10.4 Å². The Morgan fingerprint density at radius 2 is 1.76 bits per heavy atom. The monoisotopic (exact) mass is 419 g/mol. The Hall–Kier alpha value is -2.23. The number of nitrogens with one attached hydrogen (secondary N) is 1. The third-order valence-corrected chi connectivity index (χ3v) is 7.47. The molecule has 1 amide bonds. The summed E-state index contributed by atoms with van der Waals surface area (Å²) in [5.41, 5.74) is 4.10. The molecule has 1 aliphatic rings. The van der Waals surface area contributed by atoms with Crippen molar-refractivity contribution >= 4 is 21.6 Å². The topological polar surface area (TPSA) is 87.5 Å². The molecule has 1 aromatic heterocycles. The molecule has 2 aromatic rings. The molecule has 3 rings (SSSR count). The number of piperazine rings is 1. The number of rotatable bonds is 5. The van der Waals surface area contributed by atoms with E-state index in [9.17, 15) is 13.2 Å². The van der Waals surface area contributed by atoms with Gasteiger partial charge in [-0.3, -0.25) is 14.4 Å². The van der Waals surface area contributed by atoms with Crippen molar-refractivity contribution in [2.45, 2.75) is 32.6 Å². The molecule has 1 saturated heterocycles. The fraction of sp³-hybridized carbons (Fsp3) is 0.500. The van der Waals surface area contributed by atoms with E-state index in [0.29, 0.717) is 31.1 Å². The second kappa shape index (κ2) is 8.25. The van der Waals surface area contributed by atoms with E-state index < -0.39 is 10.0 Å². The Kier molecular flexibility index (Phi) is 6.11. The van der Waals surface area contributed by atoms with Gasteiger partial charge in [-0.2, -0.15) is 9.40 Å². The van der Waals surface area contributed by atoms with Gasteiger partial charge in [0.25, 0.3) is 0 Å². The van der Waals surface area contributed by atoms with Gasteiger partial charge in [0.1, 0.15) is 0 Å². The molecule has 0 unspecified atom stereocenters. The van der Waals surface area contributed by atoms with Gasteiger partial charge >= 0.3 is 0 Å². The average Bonchev–Trinajstić information content (AvgIpc) is 2.90. The number of nitrogens with zero attached hydrogens (tertiary/aromatic N) is 4. The summed E-state index contributed by atoms with van der Waals surface area (Å²) < 4.78 is 29.3. The Balaban J connectivity index is 1.60. The standard InChI is InChI=1S/C20H29N5O3S/c1-14-6-7-15(2)18(12-14)29(27,28)25-10-8-24(9-11-25)13-19(26)21-20-16(3)22-23(5)17(20)4/h6-7,12H,8-11,13H2,1-5H3,(H,21,26). The molecule has 29 heavy (non-hydrogen) atoms. The molecule has 1 N–H and O–H groups in total. The van der Waals surface area contributed by atoms with Gasteiger partial charge in [-0.25, -0.2) is 8.42 Å². The van der Waals surface area contributed by atoms with Gasteiger partial charge in [-0.1, -0.05) is 12.1 Å². The largest absolute Gasteiger partial charge is 0.322 e. The van der Waals surface area contributed by atoms with Crippen LogP contribution >= 0.6 is 0 Å². The van der Waals surface area contributed by atoms with Crippen molar-refractivity contribution in [1.82, 2.24) is 19.0 Å². The average molecular weight is 420 g/mol. The number of carbonyl (C=O) groups is 1. The van der Waals surface area contributed by atoms with Crippen molar-refractivity contribution in [2.75, 3.05) is 38.0 Å². The SMILES string of the molecule is Cc1ccc(C)c(S(=O)(=O)N2CCN(CC(=O)Nc3c(C)nn(C)c3C)CC2)c1. The van der Waals surface area contributed by atoms with Crippen LogP contribution in [0.25, 0.3) is 0 Å². The number of aryl methyl sites for hydroxylation is 4. The van der Waals surface area contributed by atoms with Crippen molar-refractivity contribution in [2.24, 2.45) is 7.05 Å². The molecule has 1 fully saturated rings. The van der Waals surface area contributed by atoms with Crippen LogP contribution in [0.2, 0.25) is 0 Å². The molecule has 0 bridgehead atoms. The molecule has 8 nitrogen and oxygen atoms in total. The van der Waals surface area contributed by atoms with E-state index in [0.717, 1.165) is 28.2 Å². The van der Waals surface area contributed by atoms with Gasteiger partial charge in [0.2, 0.25) is 15.9 Å². The number of aromatic nitrogens is 2. The van der Waals surface area contributed by atoms with Gasteiger partial charge in [0, 0.05) is 33.2 Å². The summed E-state index contributed by atoms with van der Waals surface area (Å²) in [5, 5.41) is 7.24. The Morgan fingerprint density at radius 1 is 1.10 bits per heavy atom. The number of sulfonamides is 1. The predicted octanol–water partition coefficient (Wildman–Crippen LogP) is 1.60. The fourth-order valence-electron chi connectivity index (χ4n) is 3.59. The molecule has 0 atom stereocenters. The van der Waals surface area contributed by atoms with Crippen LogP contribution in [0.4, 0.5) is 5.69 Å². The van der Waals surface area contributed by atoms with Crippen LogP contribution < -0.4 is 5.32 Å². The summed E-state index contributed by atoms with van der Waals surface area (Å²) in [7, 11) is -1.69. The zero-order chi connectivity index (χ0) is 21.3. The molecule has 0 spiro atoms. The highest BCUT2D eigenvalue weighted by atomic mass is 32.2. The molecule has 158 valence electrons. The zero-order valence-corrected chi connectivity index (χ0v) is 18.5. The number of anilines is 1.